The fraction of sp³-hybridized carbons (Fsp3) is 0.636. The molecule has 0 bridgehead atoms. The summed E-state index contributed by atoms with van der Waals surface area (Å²) in [5, 5.41) is 0. The Labute approximate surface area is 88.3 Å². The second kappa shape index (κ2) is 9.96. The lowest BCUT2D eigenvalue weighted by molar-refractivity contribution is 0.618. The van der Waals surface area contributed by atoms with Crippen LogP contribution in [0.1, 0.15) is 27.2 Å². The highest BCUT2D eigenvalue weighted by molar-refractivity contribution is 5.97. The van der Waals surface area contributed by atoms with E-state index in [2.05, 4.69) is 23.6 Å². The monoisotopic (exact) mass is 197 g/mol. The predicted molar refractivity (Wildman–Crippen MR) is 66.3 cm³/mol. The largest absolute Gasteiger partial charge is 0.363 e. The van der Waals surface area contributed by atoms with Gasteiger partial charge in [0.1, 0.15) is 5.84 Å². The van der Waals surface area contributed by atoms with E-state index in [1.165, 1.54) is 0 Å². The van der Waals surface area contributed by atoms with Crippen LogP contribution in [0.5, 0.6) is 0 Å². The topological polar surface area (TPSA) is 28.0 Å². The molecule has 0 N–H and O–H groups in total. The highest BCUT2D eigenvalue weighted by Crippen LogP contribution is 2.05. The van der Waals surface area contributed by atoms with Gasteiger partial charge in [-0.15, -0.1) is 0 Å². The summed E-state index contributed by atoms with van der Waals surface area (Å²) in [5.41, 5.74) is 1.11. The number of likely N-dealkylation sites (N-methyl/N-ethyl adjacent to an activating group) is 1. The van der Waals surface area contributed by atoms with E-state index >= 15 is 0 Å². The molecule has 0 saturated carbocycles. The van der Waals surface area contributed by atoms with Crippen LogP contribution < -0.4 is 0 Å². The average Bonchev–Trinajstić information content (AvgIpc) is 2.20. The Balaban J connectivity index is 0. The van der Waals surface area contributed by atoms with Crippen LogP contribution in [0.3, 0.4) is 0 Å². The third-order valence-corrected chi connectivity index (χ3v) is 1.55. The third kappa shape index (κ3) is 5.51. The van der Waals surface area contributed by atoms with Crippen LogP contribution in [0.15, 0.2) is 21.8 Å². The molecule has 0 aromatic rings. The first-order chi connectivity index (χ1) is 6.67. The maximum Gasteiger partial charge on any atom is 0.127 e. The molecule has 0 aliphatic rings. The average molecular weight is 197 g/mol. The molecule has 3 nitrogen and oxygen atoms in total. The molecule has 0 aliphatic heterocycles. The molecule has 0 unspecified atom stereocenters. The van der Waals surface area contributed by atoms with E-state index in [9.17, 15) is 0 Å². The number of hydrogen-bond acceptors (Lipinski definition) is 2. The number of hydrogen-bond donors (Lipinski definition) is 0. The fourth-order valence-electron chi connectivity index (χ4n) is 1.05. The van der Waals surface area contributed by atoms with Gasteiger partial charge in [-0.2, -0.15) is 0 Å². The molecular formula is C11H23N3. The van der Waals surface area contributed by atoms with E-state index in [1.807, 2.05) is 32.8 Å². The summed E-state index contributed by atoms with van der Waals surface area (Å²) in [6.45, 7) is 9.50. The number of aliphatic imine (C=N–C) groups is 2. The van der Waals surface area contributed by atoms with Gasteiger partial charge in [0.15, 0.2) is 0 Å². The molecule has 3 heteroatoms. The van der Waals surface area contributed by atoms with Crippen molar-refractivity contribution in [3.05, 3.63) is 11.8 Å². The molecule has 0 atom stereocenters. The summed E-state index contributed by atoms with van der Waals surface area (Å²) in [6.07, 6.45) is 2.67. The minimum Gasteiger partial charge on any atom is -0.363 e. The zero-order valence-corrected chi connectivity index (χ0v) is 10.3. The molecule has 0 aliphatic carbocycles. The second-order valence-corrected chi connectivity index (χ2v) is 2.63. The molecule has 0 saturated heterocycles. The van der Waals surface area contributed by atoms with E-state index in [4.69, 9.17) is 0 Å². The zero-order valence-electron chi connectivity index (χ0n) is 10.3. The van der Waals surface area contributed by atoms with Gasteiger partial charge in [0.05, 0.1) is 0 Å². The van der Waals surface area contributed by atoms with Gasteiger partial charge in [0.2, 0.25) is 0 Å². The summed E-state index contributed by atoms with van der Waals surface area (Å²) in [6, 6.07) is 0. The molecule has 14 heavy (non-hydrogen) atoms. The molecular weight excluding hydrogens is 174 g/mol. The highest BCUT2D eigenvalue weighted by atomic mass is 15.1. The Bertz CT molecular complexity index is 203. The smallest absolute Gasteiger partial charge is 0.127 e. The van der Waals surface area contributed by atoms with Crippen molar-refractivity contribution in [2.24, 2.45) is 9.98 Å². The molecule has 0 radical (unpaired) electrons. The van der Waals surface area contributed by atoms with Crippen LogP contribution in [-0.4, -0.2) is 38.6 Å². The first-order valence-corrected chi connectivity index (χ1v) is 4.96. The van der Waals surface area contributed by atoms with Crippen molar-refractivity contribution in [2.75, 3.05) is 21.1 Å². The molecule has 82 valence electrons. The van der Waals surface area contributed by atoms with Crippen molar-refractivity contribution in [2.45, 2.75) is 27.2 Å². The minimum atomic E-state index is 0.921. The zero-order chi connectivity index (χ0) is 11.6. The van der Waals surface area contributed by atoms with Gasteiger partial charge in [-0.25, -0.2) is 0 Å². The van der Waals surface area contributed by atoms with Crippen LogP contribution in [0, 0.1) is 0 Å². The SMILES string of the molecule is C=N/C=C(/CC)C(=NC)N(C)C.CC. The lowest BCUT2D eigenvalue weighted by Gasteiger charge is -2.16. The first-order valence-electron chi connectivity index (χ1n) is 4.96. The Morgan fingerprint density at radius 2 is 1.86 bits per heavy atom. The quantitative estimate of drug-likeness (QED) is 0.505. The molecule has 0 aromatic heterocycles. The van der Waals surface area contributed by atoms with Crippen LogP contribution in [0.4, 0.5) is 0 Å². The summed E-state index contributed by atoms with van der Waals surface area (Å²) >= 11 is 0. The summed E-state index contributed by atoms with van der Waals surface area (Å²) in [5.74, 6) is 0.963. The van der Waals surface area contributed by atoms with Gasteiger partial charge in [-0.05, 0) is 13.1 Å². The van der Waals surface area contributed by atoms with Crippen LogP contribution >= 0.6 is 0 Å². The van der Waals surface area contributed by atoms with Gasteiger partial charge < -0.3 is 4.90 Å². The minimum absolute atomic E-state index is 0.921. The molecule has 0 fully saturated rings. The molecule has 0 rings (SSSR count). The molecule has 0 aromatic carbocycles. The lowest BCUT2D eigenvalue weighted by Crippen LogP contribution is -2.23. The third-order valence-electron chi connectivity index (χ3n) is 1.55. The van der Waals surface area contributed by atoms with Gasteiger partial charge in [0.25, 0.3) is 0 Å². The maximum absolute atomic E-state index is 4.16. The highest BCUT2D eigenvalue weighted by Gasteiger charge is 2.05. The normalized spacial score (nSPS) is 11.6. The van der Waals surface area contributed by atoms with E-state index in [-0.39, 0.29) is 0 Å². The first kappa shape index (κ1) is 15.4. The number of rotatable bonds is 3. The Hall–Kier alpha value is -1.12. The van der Waals surface area contributed by atoms with Crippen molar-refractivity contribution in [3.8, 4) is 0 Å². The number of amidine groups is 1. The van der Waals surface area contributed by atoms with Crippen molar-refractivity contribution in [1.29, 1.82) is 0 Å². The summed E-state index contributed by atoms with van der Waals surface area (Å²) < 4.78 is 0. The summed E-state index contributed by atoms with van der Waals surface area (Å²) in [4.78, 5) is 9.88. The van der Waals surface area contributed by atoms with E-state index in [1.54, 1.807) is 13.2 Å². The predicted octanol–water partition coefficient (Wildman–Crippen LogP) is 2.60. The van der Waals surface area contributed by atoms with Gasteiger partial charge in [-0.1, -0.05) is 20.8 Å². The fourth-order valence-corrected chi connectivity index (χ4v) is 1.05. The van der Waals surface area contributed by atoms with Crippen molar-refractivity contribution in [3.63, 3.8) is 0 Å². The molecule has 0 amide bonds. The molecule has 0 spiro atoms. The second-order valence-electron chi connectivity index (χ2n) is 2.63. The van der Waals surface area contributed by atoms with E-state index in [0.29, 0.717) is 0 Å². The Morgan fingerprint density at radius 3 is 2.07 bits per heavy atom. The molecule has 0 heterocycles. The van der Waals surface area contributed by atoms with E-state index < -0.39 is 0 Å². The van der Waals surface area contributed by atoms with Crippen LogP contribution in [0.25, 0.3) is 0 Å². The maximum atomic E-state index is 4.16. The summed E-state index contributed by atoms with van der Waals surface area (Å²) in [7, 11) is 5.71. The van der Waals surface area contributed by atoms with Gasteiger partial charge >= 0.3 is 0 Å². The van der Waals surface area contributed by atoms with Crippen LogP contribution in [0.2, 0.25) is 0 Å². The van der Waals surface area contributed by atoms with Gasteiger partial charge in [-0.3, -0.25) is 9.98 Å². The standard InChI is InChI=1S/C9H17N3.C2H6/c1-6-8(7-10-2)9(11-3)12(4)5;1-2/h7H,2,6H2,1,3-5H3;1-2H3/b8-7-,11-9?;. The Kier molecular flexibility index (Phi) is 10.9. The Morgan fingerprint density at radius 1 is 1.36 bits per heavy atom. The van der Waals surface area contributed by atoms with Crippen molar-refractivity contribution < 1.29 is 0 Å². The van der Waals surface area contributed by atoms with Crippen LogP contribution in [-0.2, 0) is 0 Å². The van der Waals surface area contributed by atoms with Gasteiger partial charge in [0, 0.05) is 32.9 Å². The van der Waals surface area contributed by atoms with E-state index in [0.717, 1.165) is 17.8 Å². The lowest BCUT2D eigenvalue weighted by atomic mass is 10.2. The van der Waals surface area contributed by atoms with Crippen molar-refractivity contribution in [1.82, 2.24) is 4.90 Å². The number of nitrogens with zero attached hydrogens (tertiary/aromatic N) is 3. The van der Waals surface area contributed by atoms with Crippen molar-refractivity contribution >= 4 is 12.6 Å².